The van der Waals surface area contributed by atoms with Gasteiger partial charge in [0.05, 0.1) is 11.9 Å². The Morgan fingerprint density at radius 1 is 1.35 bits per heavy atom. The molecular weight excluding hydrogens is 292 g/mol. The number of fused-ring (bicyclic) bond motifs is 1. The van der Waals surface area contributed by atoms with Crippen molar-refractivity contribution in [2.24, 2.45) is 5.16 Å². The van der Waals surface area contributed by atoms with E-state index < -0.39 is 6.10 Å². The number of oxime groups is 1. The lowest BCUT2D eigenvalue weighted by molar-refractivity contribution is -0.143. The van der Waals surface area contributed by atoms with E-state index in [2.05, 4.69) is 27.5 Å². The van der Waals surface area contributed by atoms with Gasteiger partial charge >= 0.3 is 0 Å². The number of rotatable bonds is 3. The van der Waals surface area contributed by atoms with E-state index in [1.54, 1.807) is 6.20 Å². The standard InChI is InChI=1S/C17H18N4O2/c22-17(21-7-6-15-13(11-21)10-18-19-15)16-9-14(20-23-16)8-12-4-2-1-3-5-12/h1-5,10,16H,6-9,11H2,(H,18,19)/t16-/m1/s1. The summed E-state index contributed by atoms with van der Waals surface area (Å²) in [7, 11) is 0. The van der Waals surface area contributed by atoms with Crippen molar-refractivity contribution in [1.29, 1.82) is 0 Å². The molecule has 0 fully saturated rings. The van der Waals surface area contributed by atoms with E-state index in [9.17, 15) is 4.79 Å². The van der Waals surface area contributed by atoms with Gasteiger partial charge in [0.2, 0.25) is 6.10 Å². The molecule has 0 saturated carbocycles. The Morgan fingerprint density at radius 2 is 2.22 bits per heavy atom. The van der Waals surface area contributed by atoms with Crippen LogP contribution >= 0.6 is 0 Å². The van der Waals surface area contributed by atoms with E-state index in [0.29, 0.717) is 19.5 Å². The van der Waals surface area contributed by atoms with Crippen LogP contribution in [0.2, 0.25) is 0 Å². The van der Waals surface area contributed by atoms with Crippen LogP contribution in [-0.2, 0) is 29.0 Å². The van der Waals surface area contributed by atoms with Crippen molar-refractivity contribution in [2.45, 2.75) is 31.9 Å². The fraction of sp³-hybridized carbons (Fsp3) is 0.353. The van der Waals surface area contributed by atoms with Crippen molar-refractivity contribution in [1.82, 2.24) is 15.1 Å². The first kappa shape index (κ1) is 14.0. The molecule has 0 saturated heterocycles. The number of hydrogen-bond donors (Lipinski definition) is 1. The normalized spacial score (nSPS) is 19.9. The fourth-order valence-electron chi connectivity index (χ4n) is 3.11. The number of carbonyl (C=O) groups excluding carboxylic acids is 1. The zero-order valence-electron chi connectivity index (χ0n) is 12.7. The SMILES string of the molecule is O=C([C@H]1CC(Cc2ccccc2)=NO1)N1CCc2[nH]ncc2C1. The summed E-state index contributed by atoms with van der Waals surface area (Å²) in [5, 5.41) is 11.1. The van der Waals surface area contributed by atoms with Gasteiger partial charge in [0, 0.05) is 43.6 Å². The number of aromatic amines is 1. The number of hydrogen-bond acceptors (Lipinski definition) is 4. The average Bonchev–Trinajstić information content (AvgIpc) is 3.23. The number of H-pyrrole nitrogens is 1. The Kier molecular flexibility index (Phi) is 3.57. The topological polar surface area (TPSA) is 70.6 Å². The van der Waals surface area contributed by atoms with Gasteiger partial charge in [0.1, 0.15) is 0 Å². The average molecular weight is 310 g/mol. The largest absolute Gasteiger partial charge is 0.382 e. The quantitative estimate of drug-likeness (QED) is 0.937. The Balaban J connectivity index is 1.36. The van der Waals surface area contributed by atoms with E-state index in [0.717, 1.165) is 29.8 Å². The molecule has 4 rings (SSSR count). The summed E-state index contributed by atoms with van der Waals surface area (Å²) in [5.74, 6) is 0.0173. The number of amides is 1. The van der Waals surface area contributed by atoms with Crippen LogP contribution in [0.4, 0.5) is 0 Å². The zero-order valence-corrected chi connectivity index (χ0v) is 12.7. The van der Waals surface area contributed by atoms with Gasteiger partial charge in [0.25, 0.3) is 5.91 Å². The van der Waals surface area contributed by atoms with Crippen molar-refractivity contribution >= 4 is 11.6 Å². The second-order valence-corrected chi connectivity index (χ2v) is 6.00. The summed E-state index contributed by atoms with van der Waals surface area (Å²) in [4.78, 5) is 19.9. The third kappa shape index (κ3) is 2.84. The number of carbonyl (C=O) groups is 1. The molecule has 2 aliphatic heterocycles. The predicted octanol–water partition coefficient (Wildman–Crippen LogP) is 1.68. The van der Waals surface area contributed by atoms with E-state index in [-0.39, 0.29) is 5.91 Å². The Morgan fingerprint density at radius 3 is 3.09 bits per heavy atom. The molecule has 0 bridgehead atoms. The van der Waals surface area contributed by atoms with Crippen LogP contribution < -0.4 is 0 Å². The maximum Gasteiger partial charge on any atom is 0.267 e. The molecule has 23 heavy (non-hydrogen) atoms. The third-order valence-electron chi connectivity index (χ3n) is 4.37. The summed E-state index contributed by atoms with van der Waals surface area (Å²) < 4.78 is 0. The van der Waals surface area contributed by atoms with Crippen LogP contribution in [-0.4, -0.2) is 39.4 Å². The fourth-order valence-corrected chi connectivity index (χ4v) is 3.11. The molecule has 1 atom stereocenters. The monoisotopic (exact) mass is 310 g/mol. The molecule has 6 nitrogen and oxygen atoms in total. The summed E-state index contributed by atoms with van der Waals surface area (Å²) in [5.41, 5.74) is 4.33. The van der Waals surface area contributed by atoms with Gasteiger partial charge in [-0.1, -0.05) is 35.5 Å². The Hall–Kier alpha value is -2.63. The molecule has 0 radical (unpaired) electrons. The lowest BCUT2D eigenvalue weighted by Crippen LogP contribution is -2.42. The molecule has 118 valence electrons. The van der Waals surface area contributed by atoms with Gasteiger partial charge in [-0.2, -0.15) is 5.10 Å². The molecule has 2 aliphatic rings. The second-order valence-electron chi connectivity index (χ2n) is 6.00. The molecule has 2 aromatic rings. The molecule has 0 unspecified atom stereocenters. The number of nitrogens with zero attached hydrogens (tertiary/aromatic N) is 3. The van der Waals surface area contributed by atoms with Crippen LogP contribution in [0.15, 0.2) is 41.7 Å². The lowest BCUT2D eigenvalue weighted by Gasteiger charge is -2.28. The maximum absolute atomic E-state index is 12.6. The molecular formula is C17H18N4O2. The van der Waals surface area contributed by atoms with E-state index in [1.807, 2.05) is 23.1 Å². The third-order valence-corrected chi connectivity index (χ3v) is 4.37. The summed E-state index contributed by atoms with van der Waals surface area (Å²) in [6, 6.07) is 10.1. The highest BCUT2D eigenvalue weighted by atomic mass is 16.6. The van der Waals surface area contributed by atoms with Gasteiger partial charge in [-0.3, -0.25) is 9.89 Å². The first-order valence-corrected chi connectivity index (χ1v) is 7.85. The molecule has 3 heterocycles. The molecule has 1 amide bonds. The maximum atomic E-state index is 12.6. The van der Waals surface area contributed by atoms with Crippen molar-refractivity contribution in [2.75, 3.05) is 6.54 Å². The number of nitrogens with one attached hydrogen (secondary N) is 1. The van der Waals surface area contributed by atoms with Crippen LogP contribution in [0.3, 0.4) is 0 Å². The first-order valence-electron chi connectivity index (χ1n) is 7.85. The highest BCUT2D eigenvalue weighted by Gasteiger charge is 2.33. The van der Waals surface area contributed by atoms with Crippen molar-refractivity contribution in [3.63, 3.8) is 0 Å². The van der Waals surface area contributed by atoms with Crippen LogP contribution in [0.5, 0.6) is 0 Å². The minimum absolute atomic E-state index is 0.0173. The molecule has 0 spiro atoms. The van der Waals surface area contributed by atoms with E-state index in [4.69, 9.17) is 4.84 Å². The number of aromatic nitrogens is 2. The van der Waals surface area contributed by atoms with Crippen LogP contribution in [0.1, 0.15) is 23.2 Å². The summed E-state index contributed by atoms with van der Waals surface area (Å²) in [6.07, 6.45) is 3.42. The van der Waals surface area contributed by atoms with Gasteiger partial charge in [-0.25, -0.2) is 0 Å². The molecule has 6 heteroatoms. The smallest absolute Gasteiger partial charge is 0.267 e. The predicted molar refractivity (Wildman–Crippen MR) is 84.8 cm³/mol. The minimum atomic E-state index is -0.484. The first-order chi connectivity index (χ1) is 11.3. The van der Waals surface area contributed by atoms with Crippen molar-refractivity contribution in [3.8, 4) is 0 Å². The second kappa shape index (κ2) is 5.87. The highest BCUT2D eigenvalue weighted by Crippen LogP contribution is 2.21. The highest BCUT2D eigenvalue weighted by molar-refractivity contribution is 5.94. The molecule has 1 aromatic heterocycles. The van der Waals surface area contributed by atoms with Crippen molar-refractivity contribution < 1.29 is 9.63 Å². The number of benzene rings is 1. The van der Waals surface area contributed by atoms with Crippen LogP contribution in [0.25, 0.3) is 0 Å². The van der Waals surface area contributed by atoms with Gasteiger partial charge in [0.15, 0.2) is 0 Å². The zero-order chi connectivity index (χ0) is 15.6. The molecule has 1 N–H and O–H groups in total. The summed E-state index contributed by atoms with van der Waals surface area (Å²) >= 11 is 0. The van der Waals surface area contributed by atoms with E-state index in [1.165, 1.54) is 5.56 Å². The molecule has 1 aromatic carbocycles. The lowest BCUT2D eigenvalue weighted by atomic mass is 10.0. The van der Waals surface area contributed by atoms with Gasteiger partial charge < -0.3 is 9.74 Å². The summed E-state index contributed by atoms with van der Waals surface area (Å²) in [6.45, 7) is 1.29. The van der Waals surface area contributed by atoms with Crippen LogP contribution in [0, 0.1) is 0 Å². The van der Waals surface area contributed by atoms with E-state index >= 15 is 0 Å². The Bertz CT molecular complexity index is 738. The Labute approximate surface area is 134 Å². The molecule has 0 aliphatic carbocycles. The van der Waals surface area contributed by atoms with Crippen molar-refractivity contribution in [3.05, 3.63) is 53.3 Å². The van der Waals surface area contributed by atoms with Gasteiger partial charge in [-0.05, 0) is 5.56 Å². The minimum Gasteiger partial charge on any atom is -0.382 e. The van der Waals surface area contributed by atoms with Gasteiger partial charge in [-0.15, -0.1) is 0 Å².